The first-order chi connectivity index (χ1) is 15.0. The molecule has 2 heterocycles. The van der Waals surface area contributed by atoms with E-state index in [1.807, 2.05) is 0 Å². The maximum absolute atomic E-state index is 12.8. The molecule has 2 aliphatic rings. The van der Waals surface area contributed by atoms with E-state index in [0.717, 1.165) is 0 Å². The molecule has 3 rings (SSSR count). The van der Waals surface area contributed by atoms with Crippen molar-refractivity contribution in [1.29, 1.82) is 0 Å². The molecular weight excluding hydrogens is 464 g/mol. The van der Waals surface area contributed by atoms with E-state index in [0.29, 0.717) is 22.6 Å². The lowest BCUT2D eigenvalue weighted by molar-refractivity contribution is -0.384. The Morgan fingerprint density at radius 1 is 1.44 bits per heavy atom. The summed E-state index contributed by atoms with van der Waals surface area (Å²) in [6.07, 6.45) is 0.826. The normalized spacial score (nSPS) is 21.1. The number of esters is 1. The lowest BCUT2D eigenvalue weighted by Crippen LogP contribution is -2.62. The summed E-state index contributed by atoms with van der Waals surface area (Å²) in [6, 6.07) is 5.00. The third-order valence-corrected chi connectivity index (χ3v) is 6.69. The number of thioether (sulfide) groups is 1. The zero-order valence-electron chi connectivity index (χ0n) is 16.9. The number of carbonyl (C=O) groups is 2. The fourth-order valence-electron chi connectivity index (χ4n) is 3.68. The van der Waals surface area contributed by atoms with Crippen LogP contribution in [0.4, 0.5) is 5.69 Å². The van der Waals surface area contributed by atoms with Gasteiger partial charge in [0.05, 0.1) is 23.0 Å². The van der Waals surface area contributed by atoms with Gasteiger partial charge in [-0.15, -0.1) is 18.3 Å². The quantitative estimate of drug-likeness (QED) is 0.131. The first-order valence-electron chi connectivity index (χ1n) is 9.39. The van der Waals surface area contributed by atoms with Gasteiger partial charge < -0.3 is 9.64 Å². The van der Waals surface area contributed by atoms with Crippen molar-refractivity contribution in [3.63, 3.8) is 0 Å². The molecule has 11 nitrogen and oxygen atoms in total. The van der Waals surface area contributed by atoms with Crippen LogP contribution in [0.5, 0.6) is 0 Å². The second-order valence-corrected chi connectivity index (χ2v) is 9.27. The number of amides is 1. The first-order valence-corrected chi connectivity index (χ1v) is 11.7. The van der Waals surface area contributed by atoms with Crippen LogP contribution in [0.3, 0.4) is 0 Å². The Labute approximate surface area is 188 Å². The Morgan fingerprint density at radius 3 is 2.66 bits per heavy atom. The summed E-state index contributed by atoms with van der Waals surface area (Å²) in [6.45, 7) is 4.84. The minimum atomic E-state index is -4.74. The molecule has 1 fully saturated rings. The van der Waals surface area contributed by atoms with E-state index in [9.17, 15) is 28.1 Å². The minimum Gasteiger partial charge on any atom is -0.456 e. The van der Waals surface area contributed by atoms with Gasteiger partial charge in [-0.1, -0.05) is 6.08 Å². The number of ether oxygens (including phenoxy) is 1. The van der Waals surface area contributed by atoms with Crippen molar-refractivity contribution in [2.75, 3.05) is 5.75 Å². The van der Waals surface area contributed by atoms with Gasteiger partial charge in [-0.3, -0.25) is 19.5 Å². The number of benzene rings is 1. The fraction of sp³-hybridized carbons (Fsp3) is 0.368. The largest absolute Gasteiger partial charge is 0.456 e. The Morgan fingerprint density at radius 2 is 2.09 bits per heavy atom. The fourth-order valence-corrected chi connectivity index (χ4v) is 5.11. The van der Waals surface area contributed by atoms with E-state index in [4.69, 9.17) is 9.29 Å². The van der Waals surface area contributed by atoms with Gasteiger partial charge in [0.2, 0.25) is 5.91 Å². The standard InChI is InChI=1S/C19H20N2O9S2/c1-3-8-31-15-9-14-16(11(2)30-32(26,27)28)18(22)20(14)17(15)19(23)29-10-12-4-6-13(7-5-12)21(24)25/h3-7,11,14,16H,1,8-10H2,2H3,(H,26,27,28)/t11-,14+,16-/m0/s1. The van der Waals surface area contributed by atoms with E-state index in [-0.39, 0.29) is 18.0 Å². The first kappa shape index (κ1) is 23.9. The van der Waals surface area contributed by atoms with Crippen LogP contribution in [0.15, 0.2) is 47.5 Å². The smallest absolute Gasteiger partial charge is 0.397 e. The number of nitrogens with zero attached hydrogens (tertiary/aromatic N) is 2. The number of nitro benzene ring substituents is 1. The predicted molar refractivity (Wildman–Crippen MR) is 113 cm³/mol. The van der Waals surface area contributed by atoms with Crippen LogP contribution in [0.25, 0.3) is 0 Å². The summed E-state index contributed by atoms with van der Waals surface area (Å²) in [5.74, 6) is -1.63. The number of fused-ring (bicyclic) bond motifs is 1. The Kier molecular flexibility index (Phi) is 7.03. The second-order valence-electron chi connectivity index (χ2n) is 7.11. The van der Waals surface area contributed by atoms with Crippen LogP contribution in [0, 0.1) is 16.0 Å². The molecular formula is C19H20N2O9S2. The van der Waals surface area contributed by atoms with Crippen molar-refractivity contribution in [1.82, 2.24) is 4.90 Å². The lowest BCUT2D eigenvalue weighted by atomic mass is 9.83. The molecule has 0 spiro atoms. The molecule has 0 aromatic heterocycles. The minimum absolute atomic E-state index is 0.0732. The molecule has 1 amide bonds. The molecule has 0 aliphatic carbocycles. The number of hydrogen-bond donors (Lipinski definition) is 1. The summed E-state index contributed by atoms with van der Waals surface area (Å²) >= 11 is 1.31. The zero-order chi connectivity index (χ0) is 23.6. The average molecular weight is 485 g/mol. The summed E-state index contributed by atoms with van der Waals surface area (Å²) < 4.78 is 40.8. The van der Waals surface area contributed by atoms with Gasteiger partial charge in [0.25, 0.3) is 5.69 Å². The number of β-lactam (4-membered cyclic amide) rings is 1. The highest BCUT2D eigenvalue weighted by Gasteiger charge is 2.58. The lowest BCUT2D eigenvalue weighted by Gasteiger charge is -2.45. The number of nitro groups is 1. The van der Waals surface area contributed by atoms with Gasteiger partial charge in [-0.25, -0.2) is 8.98 Å². The predicted octanol–water partition coefficient (Wildman–Crippen LogP) is 2.21. The van der Waals surface area contributed by atoms with Crippen molar-refractivity contribution in [3.8, 4) is 0 Å². The third-order valence-electron chi connectivity index (χ3n) is 5.03. The number of rotatable bonds is 10. The Bertz CT molecular complexity index is 1080. The summed E-state index contributed by atoms with van der Waals surface area (Å²) in [5, 5.41) is 10.7. The van der Waals surface area contributed by atoms with Crippen molar-refractivity contribution in [2.24, 2.45) is 5.92 Å². The van der Waals surface area contributed by atoms with E-state index in [2.05, 4.69) is 10.8 Å². The highest BCUT2D eigenvalue weighted by molar-refractivity contribution is 8.03. The molecule has 1 aromatic rings. The van der Waals surface area contributed by atoms with E-state index < -0.39 is 45.3 Å². The monoisotopic (exact) mass is 484 g/mol. The van der Waals surface area contributed by atoms with Crippen LogP contribution in [0.2, 0.25) is 0 Å². The van der Waals surface area contributed by atoms with Crippen LogP contribution >= 0.6 is 11.8 Å². The van der Waals surface area contributed by atoms with Gasteiger partial charge in [-0.05, 0) is 24.6 Å². The van der Waals surface area contributed by atoms with Crippen LogP contribution < -0.4 is 0 Å². The Balaban J connectivity index is 1.74. The molecule has 13 heteroatoms. The van der Waals surface area contributed by atoms with Crippen LogP contribution in [-0.2, 0) is 35.5 Å². The molecule has 1 N–H and O–H groups in total. The van der Waals surface area contributed by atoms with Crippen molar-refractivity contribution >= 4 is 39.7 Å². The molecule has 0 radical (unpaired) electrons. The SMILES string of the molecule is C=CCSC1=C(C(=O)OCc2ccc([N+](=O)[O-])cc2)N2C(=O)[C@@H]([C@H](C)OS(=O)(=O)O)[C@H]2C1. The maximum Gasteiger partial charge on any atom is 0.397 e. The molecule has 172 valence electrons. The molecule has 0 bridgehead atoms. The summed E-state index contributed by atoms with van der Waals surface area (Å²) in [4.78, 5) is 37.6. The second kappa shape index (κ2) is 9.40. The van der Waals surface area contributed by atoms with E-state index in [1.165, 1.54) is 47.9 Å². The highest BCUT2D eigenvalue weighted by Crippen LogP contribution is 2.48. The van der Waals surface area contributed by atoms with E-state index >= 15 is 0 Å². The molecule has 0 saturated carbocycles. The molecule has 1 saturated heterocycles. The number of carbonyl (C=O) groups excluding carboxylic acids is 2. The van der Waals surface area contributed by atoms with Crippen molar-refractivity contribution < 1.29 is 36.4 Å². The third kappa shape index (κ3) is 5.01. The van der Waals surface area contributed by atoms with Gasteiger partial charge in [0.1, 0.15) is 12.3 Å². The van der Waals surface area contributed by atoms with Gasteiger partial charge in [0, 0.05) is 29.2 Å². The van der Waals surface area contributed by atoms with Gasteiger partial charge in [-0.2, -0.15) is 8.42 Å². The summed E-state index contributed by atoms with van der Waals surface area (Å²) in [5.41, 5.74) is 0.509. The summed E-state index contributed by atoms with van der Waals surface area (Å²) in [7, 11) is -4.74. The Hall–Kier alpha value is -2.74. The maximum atomic E-state index is 12.8. The van der Waals surface area contributed by atoms with Crippen LogP contribution in [-0.4, -0.2) is 52.6 Å². The van der Waals surface area contributed by atoms with Crippen molar-refractivity contribution in [3.05, 3.63) is 63.2 Å². The molecule has 1 aromatic carbocycles. The van der Waals surface area contributed by atoms with E-state index in [1.54, 1.807) is 6.08 Å². The topological polar surface area (TPSA) is 153 Å². The average Bonchev–Trinajstić information content (AvgIpc) is 3.03. The van der Waals surface area contributed by atoms with Crippen LogP contribution in [0.1, 0.15) is 18.9 Å². The molecule has 2 aliphatic heterocycles. The number of hydrogen-bond acceptors (Lipinski definition) is 9. The van der Waals surface area contributed by atoms with Gasteiger partial charge >= 0.3 is 16.4 Å². The molecule has 32 heavy (non-hydrogen) atoms. The molecule has 3 atom stereocenters. The van der Waals surface area contributed by atoms with Crippen molar-refractivity contribution in [2.45, 2.75) is 32.1 Å². The molecule has 0 unspecified atom stereocenters. The number of non-ortho nitro benzene ring substituents is 1. The highest BCUT2D eigenvalue weighted by atomic mass is 32.3. The zero-order valence-corrected chi connectivity index (χ0v) is 18.5. The van der Waals surface area contributed by atoms with Gasteiger partial charge in [0.15, 0.2) is 0 Å².